The Kier molecular flexibility index (Phi) is 8.14. The molecule has 2 rings (SSSR count). The molecule has 0 radical (unpaired) electrons. The first-order valence-electron chi connectivity index (χ1n) is 4.86. The molecule has 0 saturated heterocycles. The van der Waals surface area contributed by atoms with Crippen molar-refractivity contribution in [2.75, 3.05) is 0 Å². The van der Waals surface area contributed by atoms with Crippen molar-refractivity contribution in [2.24, 2.45) is 0 Å². The van der Waals surface area contributed by atoms with Crippen LogP contribution >= 0.6 is 0 Å². The van der Waals surface area contributed by atoms with E-state index in [2.05, 4.69) is 0 Å². The van der Waals surface area contributed by atoms with E-state index in [0.29, 0.717) is 0 Å². The molecular weight excluding hydrogens is 240 g/mol. The standard InChI is InChI=1S/C9H10O.C5H5.Fe/c1-8(10)6-7-9-4-2-3-5-9;1-2-4-5-3-1;/h2-7,10H,1H3;1-5H;/q;-1;+2/p-1. The summed E-state index contributed by atoms with van der Waals surface area (Å²) >= 11 is 0. The Morgan fingerprint density at radius 3 is 2.12 bits per heavy atom. The van der Waals surface area contributed by atoms with E-state index in [0.717, 1.165) is 5.57 Å². The van der Waals surface area contributed by atoms with Crippen molar-refractivity contribution in [3.05, 3.63) is 78.1 Å². The average Bonchev–Trinajstić information content (AvgIpc) is 2.91. The zero-order chi connectivity index (χ0) is 10.9. The molecule has 0 bridgehead atoms. The van der Waals surface area contributed by atoms with Crippen LogP contribution in [0.25, 0.3) is 0 Å². The fourth-order valence-electron chi connectivity index (χ4n) is 1.03. The molecule has 1 aliphatic carbocycles. The monoisotopic (exact) mass is 254 g/mol. The van der Waals surface area contributed by atoms with Crippen molar-refractivity contribution in [3.8, 4) is 0 Å². The molecule has 2 heteroatoms. The molecule has 16 heavy (non-hydrogen) atoms. The van der Waals surface area contributed by atoms with E-state index in [9.17, 15) is 5.11 Å². The molecule has 0 spiro atoms. The summed E-state index contributed by atoms with van der Waals surface area (Å²) in [4.78, 5) is 0. The van der Waals surface area contributed by atoms with Crippen LogP contribution in [0.3, 0.4) is 0 Å². The average molecular weight is 254 g/mol. The van der Waals surface area contributed by atoms with Crippen molar-refractivity contribution in [3.63, 3.8) is 0 Å². The fraction of sp³-hybridized carbons (Fsp3) is 0.0714. The van der Waals surface area contributed by atoms with Gasteiger partial charge in [-0.15, -0.1) is 5.76 Å². The zero-order valence-electron chi connectivity index (χ0n) is 9.11. The third-order valence-electron chi connectivity index (χ3n) is 1.75. The van der Waals surface area contributed by atoms with Crippen molar-refractivity contribution in [2.45, 2.75) is 6.92 Å². The predicted octanol–water partition coefficient (Wildman–Crippen LogP) is 2.71. The van der Waals surface area contributed by atoms with Gasteiger partial charge in [0.15, 0.2) is 0 Å². The summed E-state index contributed by atoms with van der Waals surface area (Å²) in [6.07, 6.45) is 11.2. The summed E-state index contributed by atoms with van der Waals surface area (Å²) in [6, 6.07) is 10.0. The Morgan fingerprint density at radius 1 is 1.19 bits per heavy atom. The van der Waals surface area contributed by atoms with Crippen LogP contribution in [0.4, 0.5) is 0 Å². The minimum Gasteiger partial charge on any atom is -0.876 e. The van der Waals surface area contributed by atoms with Crippen LogP contribution in [0.5, 0.6) is 0 Å². The molecule has 0 N–H and O–H groups in total. The Morgan fingerprint density at radius 2 is 1.75 bits per heavy atom. The molecule has 0 atom stereocenters. The van der Waals surface area contributed by atoms with E-state index in [1.165, 1.54) is 0 Å². The number of allylic oxidation sites excluding steroid dienone is 8. The first kappa shape index (κ1) is 14.6. The Bertz CT molecular complexity index is 346. The zero-order valence-corrected chi connectivity index (χ0v) is 10.2. The van der Waals surface area contributed by atoms with Gasteiger partial charge in [-0.25, -0.2) is 12.1 Å². The van der Waals surface area contributed by atoms with Gasteiger partial charge in [-0.05, 0) is 5.57 Å². The van der Waals surface area contributed by atoms with Crippen molar-refractivity contribution >= 4 is 0 Å². The van der Waals surface area contributed by atoms with Crippen LogP contribution in [0.1, 0.15) is 6.92 Å². The van der Waals surface area contributed by atoms with Crippen LogP contribution in [0.15, 0.2) is 78.1 Å². The molecule has 84 valence electrons. The largest absolute Gasteiger partial charge is 2.00 e. The van der Waals surface area contributed by atoms with E-state index < -0.39 is 0 Å². The van der Waals surface area contributed by atoms with E-state index in [4.69, 9.17) is 0 Å². The molecular formula is C14H14FeO. The second-order valence-corrected chi connectivity index (χ2v) is 3.12. The maximum Gasteiger partial charge on any atom is 2.00 e. The first-order valence-corrected chi connectivity index (χ1v) is 4.86. The summed E-state index contributed by atoms with van der Waals surface area (Å²) in [5.74, 6) is 0.0844. The van der Waals surface area contributed by atoms with E-state index in [-0.39, 0.29) is 22.8 Å². The van der Waals surface area contributed by atoms with Crippen LogP contribution < -0.4 is 5.11 Å². The summed E-state index contributed by atoms with van der Waals surface area (Å²) in [7, 11) is 0. The minimum absolute atomic E-state index is 0. The maximum atomic E-state index is 10.5. The van der Waals surface area contributed by atoms with E-state index in [1.807, 2.05) is 60.7 Å². The van der Waals surface area contributed by atoms with Crippen molar-refractivity contribution in [1.82, 2.24) is 0 Å². The molecule has 0 aromatic heterocycles. The summed E-state index contributed by atoms with van der Waals surface area (Å²) in [5, 5.41) is 10.5. The second kappa shape index (κ2) is 8.90. The Balaban J connectivity index is 0.000000318. The molecule has 0 saturated carbocycles. The fourth-order valence-corrected chi connectivity index (χ4v) is 1.03. The summed E-state index contributed by atoms with van der Waals surface area (Å²) < 4.78 is 0. The SMILES string of the molecule is CC([O-])=CC=C1C=CC=C1.[Fe+2].c1cc[cH-]c1. The molecule has 1 aliphatic rings. The van der Waals surface area contributed by atoms with Gasteiger partial charge in [-0.3, -0.25) is 0 Å². The van der Waals surface area contributed by atoms with Crippen LogP contribution in [0, 0.1) is 0 Å². The minimum atomic E-state index is 0. The normalized spacial score (nSPS) is 12.8. The molecule has 0 aliphatic heterocycles. The van der Waals surface area contributed by atoms with Gasteiger partial charge in [0.2, 0.25) is 0 Å². The van der Waals surface area contributed by atoms with E-state index in [1.54, 1.807) is 13.0 Å². The number of hydrogen-bond donors (Lipinski definition) is 0. The summed E-state index contributed by atoms with van der Waals surface area (Å²) in [5.41, 5.74) is 1.08. The van der Waals surface area contributed by atoms with Gasteiger partial charge in [-0.2, -0.15) is 18.2 Å². The van der Waals surface area contributed by atoms with Gasteiger partial charge in [0.1, 0.15) is 0 Å². The summed E-state index contributed by atoms with van der Waals surface area (Å²) in [6.45, 7) is 1.54. The molecule has 1 aromatic carbocycles. The molecule has 1 nitrogen and oxygen atoms in total. The number of rotatable bonds is 1. The smallest absolute Gasteiger partial charge is 0.876 e. The molecule has 0 fully saturated rings. The Labute approximate surface area is 107 Å². The van der Waals surface area contributed by atoms with E-state index >= 15 is 0 Å². The van der Waals surface area contributed by atoms with Gasteiger partial charge in [0.05, 0.1) is 0 Å². The molecule has 0 unspecified atom stereocenters. The predicted molar refractivity (Wildman–Crippen MR) is 62.2 cm³/mol. The first-order chi connectivity index (χ1) is 7.29. The Hall–Kier alpha value is -1.37. The number of hydrogen-bond acceptors (Lipinski definition) is 1. The van der Waals surface area contributed by atoms with Crippen LogP contribution in [-0.2, 0) is 17.1 Å². The van der Waals surface area contributed by atoms with Crippen LogP contribution in [0.2, 0.25) is 0 Å². The van der Waals surface area contributed by atoms with Gasteiger partial charge >= 0.3 is 17.1 Å². The quantitative estimate of drug-likeness (QED) is 0.429. The van der Waals surface area contributed by atoms with Gasteiger partial charge in [-0.1, -0.05) is 43.4 Å². The van der Waals surface area contributed by atoms with Gasteiger partial charge in [0, 0.05) is 0 Å². The maximum absolute atomic E-state index is 10.5. The molecule has 1 aromatic rings. The topological polar surface area (TPSA) is 23.1 Å². The van der Waals surface area contributed by atoms with Gasteiger partial charge < -0.3 is 5.11 Å². The van der Waals surface area contributed by atoms with Gasteiger partial charge in [0.25, 0.3) is 0 Å². The van der Waals surface area contributed by atoms with Crippen LogP contribution in [-0.4, -0.2) is 0 Å². The second-order valence-electron chi connectivity index (χ2n) is 3.12. The van der Waals surface area contributed by atoms with Crippen molar-refractivity contribution < 1.29 is 22.2 Å². The molecule has 0 heterocycles. The third kappa shape index (κ3) is 6.99. The molecule has 0 amide bonds. The third-order valence-corrected chi connectivity index (χ3v) is 1.75. The van der Waals surface area contributed by atoms with Crippen molar-refractivity contribution in [1.29, 1.82) is 0 Å².